The molecule has 0 aliphatic carbocycles. The van der Waals surface area contributed by atoms with Crippen LogP contribution < -0.4 is 15.9 Å². The zero-order valence-corrected chi connectivity index (χ0v) is 16.9. The van der Waals surface area contributed by atoms with E-state index in [1.54, 1.807) is 0 Å². The van der Waals surface area contributed by atoms with E-state index in [0.29, 0.717) is 6.04 Å². The summed E-state index contributed by atoms with van der Waals surface area (Å²) in [6.45, 7) is 5.17. The van der Waals surface area contributed by atoms with Crippen molar-refractivity contribution in [1.29, 1.82) is 0 Å². The lowest BCUT2D eigenvalue weighted by atomic mass is 10.2. The molecule has 0 amide bonds. The Bertz CT molecular complexity index is 793. The van der Waals surface area contributed by atoms with Crippen molar-refractivity contribution in [2.45, 2.75) is 32.9 Å². The van der Waals surface area contributed by atoms with Crippen LogP contribution in [0.25, 0.3) is 0 Å². The van der Waals surface area contributed by atoms with Crippen molar-refractivity contribution in [2.24, 2.45) is 4.99 Å². The Morgan fingerprint density at radius 3 is 1.78 bits per heavy atom. The van der Waals surface area contributed by atoms with Crippen molar-refractivity contribution < 1.29 is 0 Å². The van der Waals surface area contributed by atoms with Gasteiger partial charge in [0.2, 0.25) is 0 Å². The summed E-state index contributed by atoms with van der Waals surface area (Å²) in [6.07, 6.45) is 1.03. The summed E-state index contributed by atoms with van der Waals surface area (Å²) in [5, 5.41) is 6.32. The quantitative estimate of drug-likeness (QED) is 0.349. The number of rotatable bonds is 7. The number of amidine groups is 1. The fourth-order valence-corrected chi connectivity index (χ4v) is 5.08. The molecular formula is C24H27N2P. The predicted octanol–water partition coefficient (Wildman–Crippen LogP) is 5.06. The molecule has 0 spiro atoms. The number of nitrogens with zero attached hydrogens (tertiary/aromatic N) is 1. The molecule has 0 fully saturated rings. The van der Waals surface area contributed by atoms with E-state index in [0.717, 1.165) is 18.5 Å². The lowest BCUT2D eigenvalue weighted by Gasteiger charge is -2.23. The third-order valence-corrected chi connectivity index (χ3v) is 6.79. The van der Waals surface area contributed by atoms with Gasteiger partial charge in [-0.25, -0.2) is 0 Å². The van der Waals surface area contributed by atoms with E-state index in [1.165, 1.54) is 16.2 Å². The lowest BCUT2D eigenvalue weighted by Crippen LogP contribution is -2.30. The van der Waals surface area contributed by atoms with Crippen LogP contribution in [0.1, 0.15) is 25.8 Å². The molecule has 1 atom stereocenters. The molecule has 0 radical (unpaired) electrons. The maximum absolute atomic E-state index is 5.10. The van der Waals surface area contributed by atoms with Gasteiger partial charge in [0.1, 0.15) is 5.58 Å². The van der Waals surface area contributed by atoms with E-state index in [2.05, 4.69) is 110 Å². The number of nitrogens with one attached hydrogen (secondary N) is 1. The third-order valence-electron chi connectivity index (χ3n) is 4.47. The number of aliphatic imine (C=N–C) groups is 1. The van der Waals surface area contributed by atoms with Gasteiger partial charge in [0, 0.05) is 20.5 Å². The fourth-order valence-electron chi connectivity index (χ4n) is 2.81. The first-order valence-electron chi connectivity index (χ1n) is 9.53. The minimum absolute atomic E-state index is 0.292. The molecule has 1 N–H and O–H groups in total. The number of benzene rings is 3. The van der Waals surface area contributed by atoms with Crippen molar-refractivity contribution in [2.75, 3.05) is 0 Å². The summed E-state index contributed by atoms with van der Waals surface area (Å²) in [6, 6.07) is 32.3. The highest BCUT2D eigenvalue weighted by molar-refractivity contribution is 7.87. The van der Waals surface area contributed by atoms with Crippen LogP contribution in [-0.2, 0) is 6.54 Å². The molecule has 0 bridgehead atoms. The van der Waals surface area contributed by atoms with Crippen LogP contribution in [0.15, 0.2) is 96.0 Å². The molecule has 3 rings (SSSR count). The molecule has 27 heavy (non-hydrogen) atoms. The molecule has 0 heterocycles. The maximum atomic E-state index is 5.10. The Morgan fingerprint density at radius 2 is 1.30 bits per heavy atom. The summed E-state index contributed by atoms with van der Waals surface area (Å²) in [5.74, 6) is 0. The molecule has 0 saturated heterocycles. The summed E-state index contributed by atoms with van der Waals surface area (Å²) >= 11 is 0. The Balaban J connectivity index is 1.98. The predicted molar refractivity (Wildman–Crippen MR) is 120 cm³/mol. The first-order valence-corrected chi connectivity index (χ1v) is 10.9. The summed E-state index contributed by atoms with van der Waals surface area (Å²) in [5.41, 5.74) is 2.37. The summed E-state index contributed by atoms with van der Waals surface area (Å²) < 4.78 is 0. The van der Waals surface area contributed by atoms with Crippen LogP contribution >= 0.6 is 7.92 Å². The van der Waals surface area contributed by atoms with Crippen LogP contribution in [0.4, 0.5) is 0 Å². The van der Waals surface area contributed by atoms with Crippen LogP contribution in [-0.4, -0.2) is 11.6 Å². The van der Waals surface area contributed by atoms with Crippen LogP contribution in [0.5, 0.6) is 0 Å². The minimum atomic E-state index is -0.710. The smallest absolute Gasteiger partial charge is 0.129 e. The molecular weight excluding hydrogens is 347 g/mol. The normalized spacial score (nSPS) is 12.8. The molecule has 0 aromatic heterocycles. The molecule has 3 heteroatoms. The molecule has 138 valence electrons. The minimum Gasteiger partial charge on any atom is -0.366 e. The maximum Gasteiger partial charge on any atom is 0.129 e. The average molecular weight is 374 g/mol. The van der Waals surface area contributed by atoms with E-state index in [4.69, 9.17) is 4.99 Å². The van der Waals surface area contributed by atoms with E-state index in [-0.39, 0.29) is 0 Å². The van der Waals surface area contributed by atoms with Gasteiger partial charge in [-0.3, -0.25) is 4.99 Å². The first kappa shape index (κ1) is 19.3. The highest BCUT2D eigenvalue weighted by Crippen LogP contribution is 2.35. The molecule has 0 saturated carbocycles. The van der Waals surface area contributed by atoms with Crippen LogP contribution in [0, 0.1) is 0 Å². The molecule has 3 aromatic carbocycles. The zero-order valence-electron chi connectivity index (χ0n) is 16.0. The largest absolute Gasteiger partial charge is 0.366 e. The van der Waals surface area contributed by atoms with E-state index < -0.39 is 7.92 Å². The van der Waals surface area contributed by atoms with Gasteiger partial charge in [-0.05, 0) is 29.5 Å². The second-order valence-corrected chi connectivity index (χ2v) is 8.68. The lowest BCUT2D eigenvalue weighted by molar-refractivity contribution is 0.712. The van der Waals surface area contributed by atoms with E-state index in [1.807, 2.05) is 0 Å². The molecule has 3 aromatic rings. The van der Waals surface area contributed by atoms with Crippen molar-refractivity contribution in [3.63, 3.8) is 0 Å². The summed E-state index contributed by atoms with van der Waals surface area (Å²) in [4.78, 5) is 5.10. The van der Waals surface area contributed by atoms with Crippen LogP contribution in [0.2, 0.25) is 0 Å². The fraction of sp³-hybridized carbons (Fsp3) is 0.208. The van der Waals surface area contributed by atoms with E-state index in [9.17, 15) is 0 Å². The Kier molecular flexibility index (Phi) is 7.19. The van der Waals surface area contributed by atoms with Gasteiger partial charge in [0.05, 0.1) is 0 Å². The SMILES string of the molecule is CCC(C)/N=C(/NCc1ccccc1)P(c1ccccc1)c1ccccc1. The highest BCUT2D eigenvalue weighted by Gasteiger charge is 2.21. The standard InChI is InChI=1S/C24H27N2P/c1-3-20(2)26-24(25-19-21-13-7-4-8-14-21)27(22-15-9-5-10-16-22)23-17-11-6-12-18-23/h4-18,20H,3,19H2,1-2H3,(H,25,26). The molecule has 0 aliphatic heterocycles. The third kappa shape index (κ3) is 5.52. The van der Waals surface area contributed by atoms with Gasteiger partial charge in [0.25, 0.3) is 0 Å². The molecule has 2 nitrogen and oxygen atoms in total. The number of hydrogen-bond acceptors (Lipinski definition) is 1. The van der Waals surface area contributed by atoms with Gasteiger partial charge in [0.15, 0.2) is 0 Å². The topological polar surface area (TPSA) is 24.4 Å². The number of hydrogen-bond donors (Lipinski definition) is 1. The van der Waals surface area contributed by atoms with Crippen molar-refractivity contribution in [3.8, 4) is 0 Å². The van der Waals surface area contributed by atoms with Gasteiger partial charge >= 0.3 is 0 Å². The van der Waals surface area contributed by atoms with Gasteiger partial charge < -0.3 is 5.32 Å². The van der Waals surface area contributed by atoms with Crippen molar-refractivity contribution in [1.82, 2.24) is 5.32 Å². The van der Waals surface area contributed by atoms with Crippen molar-refractivity contribution >= 4 is 24.1 Å². The second-order valence-electron chi connectivity index (χ2n) is 6.56. The summed E-state index contributed by atoms with van der Waals surface area (Å²) in [7, 11) is -0.710. The van der Waals surface area contributed by atoms with Gasteiger partial charge in [-0.15, -0.1) is 0 Å². The van der Waals surface area contributed by atoms with E-state index >= 15 is 0 Å². The Labute approximate surface area is 164 Å². The zero-order chi connectivity index (χ0) is 18.9. The van der Waals surface area contributed by atoms with Gasteiger partial charge in [-0.2, -0.15) is 0 Å². The molecule has 0 aliphatic rings. The van der Waals surface area contributed by atoms with Crippen LogP contribution in [0.3, 0.4) is 0 Å². The Hall–Kier alpha value is -2.44. The van der Waals surface area contributed by atoms with Gasteiger partial charge in [-0.1, -0.05) is 97.9 Å². The van der Waals surface area contributed by atoms with Crippen molar-refractivity contribution in [3.05, 3.63) is 96.6 Å². The monoisotopic (exact) mass is 374 g/mol. The molecule has 1 unspecified atom stereocenters. The first-order chi connectivity index (χ1) is 13.3. The average Bonchev–Trinajstić information content (AvgIpc) is 2.74. The Morgan fingerprint density at radius 1 is 0.815 bits per heavy atom. The second kappa shape index (κ2) is 10.0. The highest BCUT2D eigenvalue weighted by atomic mass is 31.1.